The summed E-state index contributed by atoms with van der Waals surface area (Å²) < 4.78 is 4.74. The number of nitrogen functional groups attached to an aromatic ring is 1. The van der Waals surface area contributed by atoms with Crippen LogP contribution in [0.3, 0.4) is 0 Å². The number of hydrogen-bond donors (Lipinski definition) is 2. The molecule has 0 fully saturated rings. The van der Waals surface area contributed by atoms with Crippen molar-refractivity contribution in [2.75, 3.05) is 5.73 Å². The second kappa shape index (κ2) is 2.02. The van der Waals surface area contributed by atoms with E-state index in [1.807, 2.05) is 0 Å². The predicted octanol–water partition coefficient (Wildman–Crippen LogP) is -0.336. The average molecular weight is 141 g/mol. The number of nitrogens with two attached hydrogens (primary N) is 2. The van der Waals surface area contributed by atoms with Crippen molar-refractivity contribution in [1.29, 1.82) is 0 Å². The lowest BCUT2D eigenvalue weighted by atomic mass is 10.3. The first-order valence-electron chi connectivity index (χ1n) is 2.64. The number of amides is 1. The van der Waals surface area contributed by atoms with Crippen LogP contribution >= 0.6 is 0 Å². The molecule has 0 aliphatic heterocycles. The van der Waals surface area contributed by atoms with E-state index in [1.165, 1.54) is 0 Å². The van der Waals surface area contributed by atoms with Crippen LogP contribution in [0.4, 0.5) is 6.01 Å². The summed E-state index contributed by atoms with van der Waals surface area (Å²) in [4.78, 5) is 14.0. The molecule has 0 saturated heterocycles. The van der Waals surface area contributed by atoms with Crippen molar-refractivity contribution in [1.82, 2.24) is 4.98 Å². The van der Waals surface area contributed by atoms with Gasteiger partial charge in [0, 0.05) is 0 Å². The second-order valence-electron chi connectivity index (χ2n) is 1.82. The van der Waals surface area contributed by atoms with Gasteiger partial charge in [-0.3, -0.25) is 4.79 Å². The molecule has 1 rings (SSSR count). The molecule has 0 aliphatic carbocycles. The Labute approximate surface area is 57.0 Å². The molecule has 4 N–H and O–H groups in total. The first-order valence-corrected chi connectivity index (χ1v) is 2.64. The van der Waals surface area contributed by atoms with Gasteiger partial charge in [0.05, 0.1) is 0 Å². The van der Waals surface area contributed by atoms with Gasteiger partial charge in [0.1, 0.15) is 5.76 Å². The number of hydrogen-bond acceptors (Lipinski definition) is 4. The summed E-state index contributed by atoms with van der Waals surface area (Å²) in [5.74, 6) is -0.275. The number of anilines is 1. The first kappa shape index (κ1) is 6.60. The number of primary amides is 1. The SMILES string of the molecule is Cc1oc(N)nc1C(N)=O. The van der Waals surface area contributed by atoms with Crippen LogP contribution in [0.15, 0.2) is 4.42 Å². The van der Waals surface area contributed by atoms with Crippen LogP contribution < -0.4 is 11.5 Å². The van der Waals surface area contributed by atoms with Gasteiger partial charge < -0.3 is 15.9 Å². The normalized spacial score (nSPS) is 9.70. The smallest absolute Gasteiger partial charge is 0.292 e. The van der Waals surface area contributed by atoms with Crippen LogP contribution in [-0.2, 0) is 0 Å². The van der Waals surface area contributed by atoms with Crippen LogP contribution in [0.5, 0.6) is 0 Å². The summed E-state index contributed by atoms with van der Waals surface area (Å²) in [5.41, 5.74) is 10.1. The maximum atomic E-state index is 10.5. The molecule has 0 aliphatic rings. The number of carbonyl (C=O) groups excluding carboxylic acids is 1. The first-order chi connectivity index (χ1) is 4.61. The summed E-state index contributed by atoms with van der Waals surface area (Å²) >= 11 is 0. The molecule has 10 heavy (non-hydrogen) atoms. The Kier molecular flexibility index (Phi) is 1.33. The van der Waals surface area contributed by atoms with Gasteiger partial charge in [-0.25, -0.2) is 0 Å². The van der Waals surface area contributed by atoms with Crippen molar-refractivity contribution in [3.8, 4) is 0 Å². The van der Waals surface area contributed by atoms with Gasteiger partial charge in [0.25, 0.3) is 11.9 Å². The quantitative estimate of drug-likeness (QED) is 0.559. The van der Waals surface area contributed by atoms with E-state index in [4.69, 9.17) is 15.9 Å². The highest BCUT2D eigenvalue weighted by molar-refractivity contribution is 5.91. The minimum absolute atomic E-state index is 0.0358. The van der Waals surface area contributed by atoms with E-state index in [0.717, 1.165) is 0 Å². The van der Waals surface area contributed by atoms with Gasteiger partial charge in [-0.1, -0.05) is 0 Å². The van der Waals surface area contributed by atoms with E-state index in [9.17, 15) is 4.79 Å². The van der Waals surface area contributed by atoms with Crippen molar-refractivity contribution in [3.63, 3.8) is 0 Å². The highest BCUT2D eigenvalue weighted by Crippen LogP contribution is 2.09. The van der Waals surface area contributed by atoms with Gasteiger partial charge >= 0.3 is 0 Å². The molecule has 0 saturated carbocycles. The molecule has 0 unspecified atom stereocenters. The van der Waals surface area contributed by atoms with E-state index in [-0.39, 0.29) is 11.7 Å². The Morgan fingerprint density at radius 3 is 2.50 bits per heavy atom. The predicted molar refractivity (Wildman–Crippen MR) is 34.2 cm³/mol. The molecule has 0 radical (unpaired) electrons. The molecule has 0 atom stereocenters. The number of aromatic nitrogens is 1. The fourth-order valence-electron chi connectivity index (χ4n) is 0.646. The molecule has 5 heteroatoms. The monoisotopic (exact) mass is 141 g/mol. The molecule has 0 aromatic carbocycles. The molecule has 0 spiro atoms. The third-order valence-corrected chi connectivity index (χ3v) is 1.05. The zero-order valence-corrected chi connectivity index (χ0v) is 5.42. The number of nitrogens with zero attached hydrogens (tertiary/aromatic N) is 1. The highest BCUT2D eigenvalue weighted by atomic mass is 16.4. The zero-order chi connectivity index (χ0) is 7.72. The Balaban J connectivity index is 3.15. The molecule has 0 bridgehead atoms. The zero-order valence-electron chi connectivity index (χ0n) is 5.42. The van der Waals surface area contributed by atoms with Crippen LogP contribution in [0.1, 0.15) is 16.2 Å². The van der Waals surface area contributed by atoms with E-state index >= 15 is 0 Å². The number of rotatable bonds is 1. The Morgan fingerprint density at radius 2 is 2.30 bits per heavy atom. The lowest BCUT2D eigenvalue weighted by Gasteiger charge is -1.83. The largest absolute Gasteiger partial charge is 0.428 e. The van der Waals surface area contributed by atoms with Crippen LogP contribution in [0.25, 0.3) is 0 Å². The number of aryl methyl sites for hydroxylation is 1. The number of carbonyl (C=O) groups is 1. The van der Waals surface area contributed by atoms with Crippen LogP contribution in [-0.4, -0.2) is 10.9 Å². The molecular formula is C5H7N3O2. The Hall–Kier alpha value is -1.52. The van der Waals surface area contributed by atoms with Crippen molar-refractivity contribution in [2.24, 2.45) is 5.73 Å². The van der Waals surface area contributed by atoms with Crippen molar-refractivity contribution in [2.45, 2.75) is 6.92 Å². The van der Waals surface area contributed by atoms with Gasteiger partial charge in [-0.15, -0.1) is 0 Å². The summed E-state index contributed by atoms with van der Waals surface area (Å²) in [5, 5.41) is 0. The molecule has 5 nitrogen and oxygen atoms in total. The lowest BCUT2D eigenvalue weighted by Crippen LogP contribution is -2.12. The van der Waals surface area contributed by atoms with Crippen molar-refractivity contribution in [3.05, 3.63) is 11.5 Å². The van der Waals surface area contributed by atoms with Crippen LogP contribution in [0, 0.1) is 6.92 Å². The molecule has 1 amide bonds. The maximum absolute atomic E-state index is 10.5. The minimum atomic E-state index is -0.627. The van der Waals surface area contributed by atoms with Gasteiger partial charge in [0.15, 0.2) is 5.69 Å². The average Bonchev–Trinajstić information content (AvgIpc) is 2.10. The summed E-state index contributed by atoms with van der Waals surface area (Å²) in [6.45, 7) is 1.57. The Bertz CT molecular complexity index is 266. The summed E-state index contributed by atoms with van der Waals surface area (Å²) in [6, 6.07) is -0.0358. The maximum Gasteiger partial charge on any atom is 0.292 e. The van der Waals surface area contributed by atoms with Crippen LogP contribution in [0.2, 0.25) is 0 Å². The Morgan fingerprint density at radius 1 is 1.70 bits per heavy atom. The molecule has 1 heterocycles. The summed E-state index contributed by atoms with van der Waals surface area (Å²) in [6.07, 6.45) is 0. The molecule has 1 aromatic heterocycles. The van der Waals surface area contributed by atoms with E-state index in [2.05, 4.69) is 4.98 Å². The molecular weight excluding hydrogens is 134 g/mol. The van der Waals surface area contributed by atoms with Crippen molar-refractivity contribution < 1.29 is 9.21 Å². The standard InChI is InChI=1S/C5H7N3O2/c1-2-3(4(6)9)8-5(7)10-2/h1H3,(H2,6,9)(H2,7,8). The molecule has 1 aromatic rings. The third kappa shape index (κ3) is 0.928. The lowest BCUT2D eigenvalue weighted by molar-refractivity contribution is 0.0995. The van der Waals surface area contributed by atoms with Crippen molar-refractivity contribution >= 4 is 11.9 Å². The molecule has 54 valence electrons. The van der Waals surface area contributed by atoms with E-state index < -0.39 is 5.91 Å². The third-order valence-electron chi connectivity index (χ3n) is 1.05. The highest BCUT2D eigenvalue weighted by Gasteiger charge is 2.11. The van der Waals surface area contributed by atoms with Gasteiger partial charge in [-0.05, 0) is 6.92 Å². The van der Waals surface area contributed by atoms with E-state index in [0.29, 0.717) is 5.76 Å². The summed E-state index contributed by atoms with van der Waals surface area (Å²) in [7, 11) is 0. The minimum Gasteiger partial charge on any atom is -0.428 e. The second-order valence-corrected chi connectivity index (χ2v) is 1.82. The topological polar surface area (TPSA) is 95.1 Å². The number of oxazole rings is 1. The van der Waals surface area contributed by atoms with Gasteiger partial charge in [-0.2, -0.15) is 4.98 Å². The van der Waals surface area contributed by atoms with E-state index in [1.54, 1.807) is 6.92 Å². The fourth-order valence-corrected chi connectivity index (χ4v) is 0.646. The van der Waals surface area contributed by atoms with Gasteiger partial charge in [0.2, 0.25) is 0 Å². The fraction of sp³-hybridized carbons (Fsp3) is 0.200.